The zero-order valence-electron chi connectivity index (χ0n) is 16.0. The normalized spacial score (nSPS) is 36.8. The number of rotatable bonds is 5. The number of hydrogen-bond acceptors (Lipinski definition) is 5. The van der Waals surface area contributed by atoms with Gasteiger partial charge in [-0.15, -0.1) is 0 Å². The molecular formula is C19H30N2O5. The number of nitrogens with one attached hydrogen (secondary N) is 2. The minimum absolute atomic E-state index is 0.118. The van der Waals surface area contributed by atoms with Crippen LogP contribution in [0.3, 0.4) is 0 Å². The van der Waals surface area contributed by atoms with Gasteiger partial charge in [0.05, 0.1) is 0 Å². The maximum absolute atomic E-state index is 12.5. The first-order valence-corrected chi connectivity index (χ1v) is 9.54. The molecule has 2 amide bonds. The van der Waals surface area contributed by atoms with Crippen molar-refractivity contribution in [3.63, 3.8) is 0 Å². The van der Waals surface area contributed by atoms with Gasteiger partial charge in [0, 0.05) is 6.54 Å². The van der Waals surface area contributed by atoms with E-state index < -0.39 is 17.9 Å². The Bertz CT molecular complexity index is 574. The molecule has 0 aromatic rings. The molecule has 0 radical (unpaired) electrons. The molecule has 0 bridgehead atoms. The van der Waals surface area contributed by atoms with Gasteiger partial charge in [0.2, 0.25) is 5.91 Å². The fourth-order valence-electron chi connectivity index (χ4n) is 3.47. The lowest BCUT2D eigenvalue weighted by atomic mass is 10.1. The quantitative estimate of drug-likeness (QED) is 0.565. The number of allylic oxidation sites excluding steroid dienone is 1. The Kier molecular flexibility index (Phi) is 5.69. The van der Waals surface area contributed by atoms with Crippen molar-refractivity contribution in [3.05, 3.63) is 12.2 Å². The van der Waals surface area contributed by atoms with Crippen molar-refractivity contribution in [2.24, 2.45) is 5.92 Å². The maximum atomic E-state index is 12.5. The minimum atomic E-state index is -0.717. The SMILES string of the molecule is CC(C)/C=C/[C@H]1OC(C)(C)O[C@@H]1[C@H]1O[C@@H]1C(=O)N[C@H]1CCCCNC1=O. The van der Waals surface area contributed by atoms with Gasteiger partial charge in [0.15, 0.2) is 11.9 Å². The van der Waals surface area contributed by atoms with Crippen LogP contribution in [0, 0.1) is 5.92 Å². The third-order valence-corrected chi connectivity index (χ3v) is 4.81. The summed E-state index contributed by atoms with van der Waals surface area (Å²) in [5, 5.41) is 5.64. The van der Waals surface area contributed by atoms with E-state index in [-0.39, 0.29) is 30.1 Å². The van der Waals surface area contributed by atoms with E-state index in [1.807, 2.05) is 19.9 Å². The van der Waals surface area contributed by atoms with Gasteiger partial charge in [-0.05, 0) is 39.0 Å². The zero-order valence-corrected chi connectivity index (χ0v) is 16.0. The fourth-order valence-corrected chi connectivity index (χ4v) is 3.47. The topological polar surface area (TPSA) is 89.2 Å². The van der Waals surface area contributed by atoms with Gasteiger partial charge in [-0.1, -0.05) is 26.0 Å². The van der Waals surface area contributed by atoms with Gasteiger partial charge in [-0.25, -0.2) is 0 Å². The summed E-state index contributed by atoms with van der Waals surface area (Å²) in [5.74, 6) is -0.689. The summed E-state index contributed by atoms with van der Waals surface area (Å²) in [6.45, 7) is 8.56. The highest BCUT2D eigenvalue weighted by molar-refractivity contribution is 5.90. The number of ether oxygens (including phenoxy) is 3. The molecule has 7 heteroatoms. The standard InChI is InChI=1S/C19H30N2O5/c1-11(2)8-9-13-14(26-19(3,4)25-13)15-16(24-15)18(23)21-12-7-5-6-10-20-17(12)22/h8-9,11-16H,5-7,10H2,1-4H3,(H,20,22)(H,21,23)/b9-8+/t12-,13+,14-,15+,16-/m0/s1. The molecule has 5 atom stereocenters. The second-order valence-corrected chi connectivity index (χ2v) is 8.06. The van der Waals surface area contributed by atoms with Crippen molar-refractivity contribution in [1.82, 2.24) is 10.6 Å². The largest absolute Gasteiger partial charge is 0.356 e. The summed E-state index contributed by atoms with van der Waals surface area (Å²) in [6, 6.07) is -0.483. The Morgan fingerprint density at radius 3 is 2.77 bits per heavy atom. The average molecular weight is 366 g/mol. The summed E-state index contributed by atoms with van der Waals surface area (Å²) in [4.78, 5) is 24.5. The molecule has 0 aliphatic carbocycles. The van der Waals surface area contributed by atoms with Crippen LogP contribution in [0.15, 0.2) is 12.2 Å². The molecule has 3 heterocycles. The Labute approximate surface area is 154 Å². The molecule has 3 aliphatic heterocycles. The Morgan fingerprint density at radius 2 is 2.04 bits per heavy atom. The first-order chi connectivity index (χ1) is 12.3. The summed E-state index contributed by atoms with van der Waals surface area (Å²) in [6.07, 6.45) is 5.02. The molecule has 26 heavy (non-hydrogen) atoms. The van der Waals surface area contributed by atoms with Crippen LogP contribution in [0.25, 0.3) is 0 Å². The molecule has 7 nitrogen and oxygen atoms in total. The van der Waals surface area contributed by atoms with Gasteiger partial charge in [0.25, 0.3) is 5.91 Å². The number of hydrogen-bond donors (Lipinski definition) is 2. The Balaban J connectivity index is 1.59. The molecule has 3 rings (SSSR count). The zero-order chi connectivity index (χ0) is 18.9. The van der Waals surface area contributed by atoms with Gasteiger partial charge in [0.1, 0.15) is 24.4 Å². The van der Waals surface area contributed by atoms with Crippen LogP contribution >= 0.6 is 0 Å². The minimum Gasteiger partial charge on any atom is -0.356 e. The molecule has 146 valence electrons. The van der Waals surface area contributed by atoms with E-state index in [1.54, 1.807) is 0 Å². The van der Waals surface area contributed by atoms with Crippen molar-refractivity contribution in [2.45, 2.75) is 83.2 Å². The van der Waals surface area contributed by atoms with Gasteiger partial charge >= 0.3 is 0 Å². The van der Waals surface area contributed by atoms with Crippen molar-refractivity contribution in [3.8, 4) is 0 Å². The lowest BCUT2D eigenvalue weighted by Gasteiger charge is -2.16. The number of amides is 2. The molecule has 3 fully saturated rings. The molecular weight excluding hydrogens is 336 g/mol. The van der Waals surface area contributed by atoms with Crippen LogP contribution in [-0.4, -0.2) is 54.6 Å². The first-order valence-electron chi connectivity index (χ1n) is 9.54. The van der Waals surface area contributed by atoms with E-state index in [0.29, 0.717) is 18.9 Å². The van der Waals surface area contributed by atoms with E-state index in [1.165, 1.54) is 0 Å². The first kappa shape index (κ1) is 19.3. The molecule has 3 saturated heterocycles. The summed E-state index contributed by atoms with van der Waals surface area (Å²) < 4.78 is 17.5. The third kappa shape index (κ3) is 4.64. The molecule has 0 unspecified atom stereocenters. The Hall–Kier alpha value is -1.44. The van der Waals surface area contributed by atoms with Gasteiger partial charge < -0.3 is 24.8 Å². The van der Waals surface area contributed by atoms with E-state index in [4.69, 9.17) is 14.2 Å². The second kappa shape index (κ2) is 7.66. The van der Waals surface area contributed by atoms with Crippen molar-refractivity contribution >= 4 is 11.8 Å². The lowest BCUT2D eigenvalue weighted by Crippen LogP contribution is -2.47. The average Bonchev–Trinajstić information content (AvgIpc) is 3.31. The molecule has 2 N–H and O–H groups in total. The van der Waals surface area contributed by atoms with E-state index in [2.05, 4.69) is 30.6 Å². The van der Waals surface area contributed by atoms with Crippen LogP contribution < -0.4 is 10.6 Å². The van der Waals surface area contributed by atoms with Crippen LogP contribution in [0.2, 0.25) is 0 Å². The van der Waals surface area contributed by atoms with E-state index >= 15 is 0 Å². The van der Waals surface area contributed by atoms with Crippen molar-refractivity contribution in [2.75, 3.05) is 6.54 Å². The van der Waals surface area contributed by atoms with E-state index in [0.717, 1.165) is 12.8 Å². The molecule has 3 aliphatic rings. The molecule has 0 saturated carbocycles. The maximum Gasteiger partial charge on any atom is 0.252 e. The van der Waals surface area contributed by atoms with Crippen LogP contribution in [0.5, 0.6) is 0 Å². The Morgan fingerprint density at radius 1 is 1.27 bits per heavy atom. The van der Waals surface area contributed by atoms with Crippen molar-refractivity contribution in [1.29, 1.82) is 0 Å². The number of carbonyl (C=O) groups excluding carboxylic acids is 2. The number of carbonyl (C=O) groups is 2. The fraction of sp³-hybridized carbons (Fsp3) is 0.789. The highest BCUT2D eigenvalue weighted by Crippen LogP contribution is 2.39. The predicted molar refractivity (Wildman–Crippen MR) is 95.3 cm³/mol. The van der Waals surface area contributed by atoms with Crippen molar-refractivity contribution < 1.29 is 23.8 Å². The molecule has 0 spiro atoms. The molecule has 0 aromatic heterocycles. The second-order valence-electron chi connectivity index (χ2n) is 8.06. The summed E-state index contributed by atoms with van der Waals surface area (Å²) in [5.41, 5.74) is 0. The van der Waals surface area contributed by atoms with E-state index in [9.17, 15) is 9.59 Å². The monoisotopic (exact) mass is 366 g/mol. The summed E-state index contributed by atoms with van der Waals surface area (Å²) in [7, 11) is 0. The highest BCUT2D eigenvalue weighted by Gasteiger charge is 2.57. The predicted octanol–water partition coefficient (Wildman–Crippen LogP) is 1.27. The van der Waals surface area contributed by atoms with Gasteiger partial charge in [-0.2, -0.15) is 0 Å². The van der Waals surface area contributed by atoms with Gasteiger partial charge in [-0.3, -0.25) is 9.59 Å². The van der Waals surface area contributed by atoms with Crippen LogP contribution in [0.1, 0.15) is 47.0 Å². The smallest absolute Gasteiger partial charge is 0.252 e. The van der Waals surface area contributed by atoms with Crippen LogP contribution in [0.4, 0.5) is 0 Å². The van der Waals surface area contributed by atoms with Crippen LogP contribution in [-0.2, 0) is 23.8 Å². The third-order valence-electron chi connectivity index (χ3n) is 4.81. The lowest BCUT2D eigenvalue weighted by molar-refractivity contribution is -0.144. The molecule has 0 aromatic carbocycles. The summed E-state index contributed by atoms with van der Waals surface area (Å²) >= 11 is 0. The number of epoxide rings is 1. The highest BCUT2D eigenvalue weighted by atomic mass is 16.8.